The highest BCUT2D eigenvalue weighted by atomic mass is 16.6. The van der Waals surface area contributed by atoms with Crippen LogP contribution in [0.5, 0.6) is 11.5 Å². The Kier molecular flexibility index (Phi) is 1.88. The Morgan fingerprint density at radius 2 is 1.94 bits per heavy atom. The third kappa shape index (κ3) is 1.37. The molecule has 0 aliphatic carbocycles. The maximum atomic E-state index is 5.54. The van der Waals surface area contributed by atoms with Gasteiger partial charge in [-0.25, -0.2) is 4.98 Å². The Hall–Kier alpha value is -2.43. The third-order valence-corrected chi connectivity index (χ3v) is 2.94. The summed E-state index contributed by atoms with van der Waals surface area (Å²) in [7, 11) is 0. The van der Waals surface area contributed by atoms with Gasteiger partial charge in [0.05, 0.1) is 22.9 Å². The van der Waals surface area contributed by atoms with E-state index < -0.39 is 0 Å². The number of imidazole rings is 1. The van der Waals surface area contributed by atoms with Crippen LogP contribution in [0.25, 0.3) is 22.4 Å². The summed E-state index contributed by atoms with van der Waals surface area (Å²) in [5.41, 5.74) is 2.71. The Bertz CT molecular complexity index is 657. The first-order chi connectivity index (χ1) is 8.90. The van der Waals surface area contributed by atoms with Crippen molar-refractivity contribution in [2.75, 3.05) is 13.2 Å². The molecule has 3 heterocycles. The lowest BCUT2D eigenvalue weighted by Crippen LogP contribution is -2.15. The minimum absolute atomic E-state index is 0.581. The van der Waals surface area contributed by atoms with Crippen molar-refractivity contribution in [3.63, 3.8) is 0 Å². The van der Waals surface area contributed by atoms with Crippen molar-refractivity contribution in [2.45, 2.75) is 0 Å². The predicted octanol–water partition coefficient (Wildman–Crippen LogP) is 2.59. The smallest absolute Gasteiger partial charge is 0.163 e. The number of nitrogens with one attached hydrogen (secondary N) is 1. The highest BCUT2D eigenvalue weighted by Gasteiger charge is 2.15. The van der Waals surface area contributed by atoms with Gasteiger partial charge in [0.15, 0.2) is 11.5 Å². The van der Waals surface area contributed by atoms with Crippen LogP contribution in [0, 0.1) is 0 Å². The summed E-state index contributed by atoms with van der Waals surface area (Å²) in [6.07, 6.45) is 3.28. The molecule has 3 aromatic rings. The van der Waals surface area contributed by atoms with Gasteiger partial charge in [0.1, 0.15) is 25.3 Å². The standard InChI is InChI=1S/C13H10N2O3/c1-2-16-7-8(1)13-14-9-5-11-12(6-10(9)15-13)18-4-3-17-11/h1-2,5-7H,3-4H2,(H,14,15). The molecule has 90 valence electrons. The normalized spacial score (nSPS) is 14.0. The summed E-state index contributed by atoms with van der Waals surface area (Å²) in [5.74, 6) is 2.29. The Balaban J connectivity index is 1.90. The molecule has 0 saturated heterocycles. The average Bonchev–Trinajstić information content (AvgIpc) is 3.04. The quantitative estimate of drug-likeness (QED) is 0.712. The lowest BCUT2D eigenvalue weighted by atomic mass is 10.2. The molecule has 5 nitrogen and oxygen atoms in total. The van der Waals surface area contributed by atoms with Crippen LogP contribution < -0.4 is 9.47 Å². The van der Waals surface area contributed by atoms with E-state index in [1.54, 1.807) is 12.5 Å². The lowest BCUT2D eigenvalue weighted by molar-refractivity contribution is 0.172. The van der Waals surface area contributed by atoms with Crippen molar-refractivity contribution in [3.8, 4) is 22.9 Å². The maximum Gasteiger partial charge on any atom is 0.163 e. The van der Waals surface area contributed by atoms with E-state index in [-0.39, 0.29) is 0 Å². The number of ether oxygens (including phenoxy) is 2. The summed E-state index contributed by atoms with van der Waals surface area (Å²) in [6.45, 7) is 1.17. The van der Waals surface area contributed by atoms with Crippen LogP contribution in [-0.4, -0.2) is 23.2 Å². The monoisotopic (exact) mass is 242 g/mol. The van der Waals surface area contributed by atoms with Gasteiger partial charge in [0.2, 0.25) is 0 Å². The second-order valence-corrected chi connectivity index (χ2v) is 4.11. The number of nitrogens with zero attached hydrogens (tertiary/aromatic N) is 1. The van der Waals surface area contributed by atoms with E-state index in [2.05, 4.69) is 9.97 Å². The van der Waals surface area contributed by atoms with Gasteiger partial charge in [-0.15, -0.1) is 0 Å². The zero-order valence-electron chi connectivity index (χ0n) is 9.47. The summed E-state index contributed by atoms with van der Waals surface area (Å²) in [5, 5.41) is 0. The van der Waals surface area contributed by atoms with Gasteiger partial charge in [0.25, 0.3) is 0 Å². The number of rotatable bonds is 1. The molecule has 1 N–H and O–H groups in total. The number of hydrogen-bond donors (Lipinski definition) is 1. The molecule has 0 atom stereocenters. The minimum Gasteiger partial charge on any atom is -0.486 e. The maximum absolute atomic E-state index is 5.54. The first-order valence-electron chi connectivity index (χ1n) is 5.72. The van der Waals surface area contributed by atoms with Gasteiger partial charge in [-0.1, -0.05) is 0 Å². The molecule has 0 fully saturated rings. The Morgan fingerprint density at radius 3 is 2.72 bits per heavy atom. The van der Waals surface area contributed by atoms with Crippen LogP contribution in [0.1, 0.15) is 0 Å². The fourth-order valence-corrected chi connectivity index (χ4v) is 2.08. The van der Waals surface area contributed by atoms with Crippen LogP contribution in [-0.2, 0) is 0 Å². The van der Waals surface area contributed by atoms with Gasteiger partial charge in [0, 0.05) is 12.1 Å². The van der Waals surface area contributed by atoms with Gasteiger partial charge >= 0.3 is 0 Å². The van der Waals surface area contributed by atoms with Crippen LogP contribution >= 0.6 is 0 Å². The first kappa shape index (κ1) is 9.58. The van der Waals surface area contributed by atoms with E-state index >= 15 is 0 Å². The lowest BCUT2D eigenvalue weighted by Gasteiger charge is -2.17. The van der Waals surface area contributed by atoms with E-state index in [9.17, 15) is 0 Å². The molecule has 5 heteroatoms. The molecule has 1 aliphatic rings. The number of aromatic amines is 1. The molecular formula is C13H10N2O3. The number of furan rings is 1. The highest BCUT2D eigenvalue weighted by molar-refractivity contribution is 5.83. The van der Waals surface area contributed by atoms with Crippen molar-refractivity contribution < 1.29 is 13.9 Å². The molecule has 0 saturated carbocycles. The number of fused-ring (bicyclic) bond motifs is 2. The topological polar surface area (TPSA) is 60.3 Å². The van der Waals surface area contributed by atoms with Crippen molar-refractivity contribution in [1.82, 2.24) is 9.97 Å². The van der Waals surface area contributed by atoms with E-state index in [0.29, 0.717) is 13.2 Å². The summed E-state index contributed by atoms with van der Waals surface area (Å²) in [6, 6.07) is 5.68. The Labute approximate surface area is 102 Å². The largest absolute Gasteiger partial charge is 0.486 e. The fraction of sp³-hybridized carbons (Fsp3) is 0.154. The van der Waals surface area contributed by atoms with Crippen molar-refractivity contribution in [3.05, 3.63) is 30.7 Å². The first-order valence-corrected chi connectivity index (χ1v) is 5.72. The van der Waals surface area contributed by atoms with E-state index in [4.69, 9.17) is 13.9 Å². The molecule has 0 radical (unpaired) electrons. The molecule has 1 aromatic carbocycles. The molecule has 4 rings (SSSR count). The van der Waals surface area contributed by atoms with Crippen molar-refractivity contribution in [2.24, 2.45) is 0 Å². The second-order valence-electron chi connectivity index (χ2n) is 4.11. The molecule has 0 unspecified atom stereocenters. The number of aromatic nitrogens is 2. The second kappa shape index (κ2) is 3.53. The average molecular weight is 242 g/mol. The predicted molar refractivity (Wildman–Crippen MR) is 64.8 cm³/mol. The van der Waals surface area contributed by atoms with E-state index in [0.717, 1.165) is 33.9 Å². The number of benzene rings is 1. The summed E-state index contributed by atoms with van der Waals surface area (Å²) >= 11 is 0. The van der Waals surface area contributed by atoms with Crippen molar-refractivity contribution >= 4 is 11.0 Å². The molecule has 0 amide bonds. The zero-order chi connectivity index (χ0) is 11.9. The number of hydrogen-bond acceptors (Lipinski definition) is 4. The third-order valence-electron chi connectivity index (χ3n) is 2.94. The van der Waals surface area contributed by atoms with Crippen LogP contribution in [0.3, 0.4) is 0 Å². The zero-order valence-corrected chi connectivity index (χ0v) is 9.47. The highest BCUT2D eigenvalue weighted by Crippen LogP contribution is 2.34. The van der Waals surface area contributed by atoms with Gasteiger partial charge in [-0.2, -0.15) is 0 Å². The van der Waals surface area contributed by atoms with Gasteiger partial charge < -0.3 is 18.9 Å². The molecular weight excluding hydrogens is 232 g/mol. The molecule has 18 heavy (non-hydrogen) atoms. The van der Waals surface area contributed by atoms with E-state index in [1.807, 2.05) is 18.2 Å². The summed E-state index contributed by atoms with van der Waals surface area (Å²) < 4.78 is 16.1. The van der Waals surface area contributed by atoms with Crippen LogP contribution in [0.2, 0.25) is 0 Å². The molecule has 2 aromatic heterocycles. The van der Waals surface area contributed by atoms with Crippen LogP contribution in [0.15, 0.2) is 35.1 Å². The SMILES string of the molecule is c1cc(-c2nc3cc4c(cc3[nH]2)OCCO4)co1. The fourth-order valence-electron chi connectivity index (χ4n) is 2.08. The molecule has 1 aliphatic heterocycles. The Morgan fingerprint density at radius 1 is 1.11 bits per heavy atom. The van der Waals surface area contributed by atoms with Gasteiger partial charge in [-0.05, 0) is 6.07 Å². The summed E-state index contributed by atoms with van der Waals surface area (Å²) in [4.78, 5) is 7.75. The number of H-pyrrole nitrogens is 1. The van der Waals surface area contributed by atoms with E-state index in [1.165, 1.54) is 0 Å². The van der Waals surface area contributed by atoms with Crippen LogP contribution in [0.4, 0.5) is 0 Å². The van der Waals surface area contributed by atoms with Crippen molar-refractivity contribution in [1.29, 1.82) is 0 Å². The molecule has 0 spiro atoms. The van der Waals surface area contributed by atoms with Gasteiger partial charge in [-0.3, -0.25) is 0 Å². The molecule has 0 bridgehead atoms. The minimum atomic E-state index is 0.581.